The first-order valence-corrected chi connectivity index (χ1v) is 24.2. The average molecular weight is 1420 g/mol. The first kappa shape index (κ1) is 57.3. The van der Waals surface area contributed by atoms with Crippen molar-refractivity contribution in [2.45, 2.75) is 101 Å². The van der Waals surface area contributed by atoms with Crippen molar-refractivity contribution in [1.29, 1.82) is 0 Å². The minimum Gasteiger partial charge on any atom is -0.455 e. The van der Waals surface area contributed by atoms with E-state index in [1.807, 2.05) is 6.26 Å². The molecule has 1 amide bonds. The number of nitrogens with one attached hydrogen (secondary N) is 1. The van der Waals surface area contributed by atoms with Gasteiger partial charge in [0.05, 0.1) is 35.7 Å². The maximum atomic E-state index is 15.4. The second kappa shape index (κ2) is 23.7. The van der Waals surface area contributed by atoms with E-state index in [0.717, 1.165) is 0 Å². The average Bonchev–Trinajstić information content (AvgIpc) is 3.35. The van der Waals surface area contributed by atoms with Crippen LogP contribution in [0.3, 0.4) is 0 Å². The van der Waals surface area contributed by atoms with Crippen LogP contribution in [0.1, 0.15) is 78.4 Å². The smallest absolute Gasteiger partial charge is 0.455 e. The zero-order valence-corrected chi connectivity index (χ0v) is 50.4. The summed E-state index contributed by atoms with van der Waals surface area (Å²) in [5.74, 6) is -4.79. The summed E-state index contributed by atoms with van der Waals surface area (Å²) in [6, 6.07) is 31.9. The molecule has 71 heavy (non-hydrogen) atoms. The summed E-state index contributed by atoms with van der Waals surface area (Å²) < 4.78 is 36.4. The largest absolute Gasteiger partial charge is 0.509 e. The summed E-state index contributed by atoms with van der Waals surface area (Å²) in [4.78, 5) is 72.4. The molecule has 1 aliphatic heterocycles. The van der Waals surface area contributed by atoms with Crippen molar-refractivity contribution < 1.29 is 156 Å². The molecule has 11 atom stereocenters. The molecule has 370 valence electrons. The molecule has 15 nitrogen and oxygen atoms in total. The van der Waals surface area contributed by atoms with Crippen LogP contribution in [-0.4, -0.2) is 112 Å². The number of rotatable bonds is 14. The minimum atomic E-state index is -2.34. The second-order valence-corrected chi connectivity index (χ2v) is 19.7. The normalized spacial score (nSPS) is 29.0. The van der Waals surface area contributed by atoms with Gasteiger partial charge in [-0.25, -0.2) is 14.4 Å². The third-order valence-electron chi connectivity index (χ3n) is 14.7. The number of benzene rings is 4. The molecular weight excluding hydrogens is 1360 g/mol. The van der Waals surface area contributed by atoms with Crippen LogP contribution < -0.4 is 5.32 Å². The first-order valence-electron chi connectivity index (χ1n) is 22.8. The van der Waals surface area contributed by atoms with Gasteiger partial charge < -0.3 is 49.1 Å². The van der Waals surface area contributed by atoms with Crippen LogP contribution in [0.15, 0.2) is 132 Å². The number of Topliss-reactive ketones (excluding diaryl/α,β-unsaturated/α-hetero) is 1. The van der Waals surface area contributed by atoms with E-state index >= 15 is 9.59 Å². The molecule has 2 radical (unpaired) electrons. The molecule has 1 saturated heterocycles. The Kier molecular flexibility index (Phi) is 19.1. The number of thioether (sulfide) groups is 1. The maximum Gasteiger partial charge on any atom is 0.509 e. The molecule has 0 spiro atoms. The number of aliphatic hydroxyl groups is 3. The molecule has 0 aromatic heterocycles. The van der Waals surface area contributed by atoms with E-state index in [-0.39, 0.29) is 136 Å². The zero-order valence-electron chi connectivity index (χ0n) is 40.1. The monoisotopic (exact) mass is 1420 g/mol. The van der Waals surface area contributed by atoms with Crippen LogP contribution in [0.2, 0.25) is 0 Å². The Bertz CT molecular complexity index is 2570. The van der Waals surface area contributed by atoms with Gasteiger partial charge >= 0.3 is 18.1 Å². The first-order chi connectivity index (χ1) is 32.9. The van der Waals surface area contributed by atoms with E-state index in [1.54, 1.807) is 137 Å². The number of aliphatic hydroxyl groups excluding tert-OH is 1. The van der Waals surface area contributed by atoms with Gasteiger partial charge in [-0.15, -0.1) is 11.8 Å². The van der Waals surface area contributed by atoms with E-state index < -0.39 is 107 Å². The molecular formula is C53H57Ac2NO14S. The summed E-state index contributed by atoms with van der Waals surface area (Å²) in [6.07, 6.45) is -8.97. The van der Waals surface area contributed by atoms with Crippen molar-refractivity contribution in [3.63, 3.8) is 0 Å². The number of hydrogen-bond acceptors (Lipinski definition) is 15. The Morgan fingerprint density at radius 1 is 0.831 bits per heavy atom. The van der Waals surface area contributed by atoms with Gasteiger partial charge in [-0.3, -0.25) is 9.59 Å². The second-order valence-electron chi connectivity index (χ2n) is 18.9. The van der Waals surface area contributed by atoms with Crippen molar-refractivity contribution in [2.75, 3.05) is 18.8 Å². The van der Waals surface area contributed by atoms with Crippen LogP contribution in [0.5, 0.6) is 0 Å². The molecule has 18 heteroatoms. The summed E-state index contributed by atoms with van der Waals surface area (Å²) in [5.41, 5.74) is -6.16. The number of hydrogen-bond donors (Lipinski definition) is 4. The van der Waals surface area contributed by atoms with Crippen LogP contribution in [0, 0.1) is 105 Å². The Labute approximate surface area is 488 Å². The Morgan fingerprint density at radius 2 is 1.41 bits per heavy atom. The van der Waals surface area contributed by atoms with Crippen LogP contribution in [0.25, 0.3) is 0 Å². The van der Waals surface area contributed by atoms with E-state index in [1.165, 1.54) is 23.9 Å². The Morgan fingerprint density at radius 3 is 1.99 bits per heavy atom. The molecule has 2 saturated carbocycles. The summed E-state index contributed by atoms with van der Waals surface area (Å²) in [6.45, 7) is 5.78. The minimum absolute atomic E-state index is 0. The SMILES string of the molecule is CSCOC1CC2OC[C@@]2(O)C2C(OC(=O)c3ccccc3)C3(O)CC(OC(=O)C(OC(=O)OCc4ccccc4)C(NC(=O)c4ccccc4)c4ccccc4)C(C)=C(C(O)C(=O)[C@]12C)C3(C)C.[Ac].[Ac]. The number of esters is 2. The van der Waals surface area contributed by atoms with Gasteiger partial charge in [0.1, 0.15) is 42.2 Å². The third-order valence-corrected chi connectivity index (χ3v) is 15.0. The van der Waals surface area contributed by atoms with Crippen molar-refractivity contribution in [3.8, 4) is 0 Å². The van der Waals surface area contributed by atoms with E-state index in [9.17, 15) is 29.7 Å². The number of amides is 1. The maximum absolute atomic E-state index is 15.4. The molecule has 2 bridgehead atoms. The summed E-state index contributed by atoms with van der Waals surface area (Å²) in [7, 11) is 0. The topological polar surface area (TPSA) is 213 Å². The van der Waals surface area contributed by atoms with E-state index in [2.05, 4.69) is 5.32 Å². The van der Waals surface area contributed by atoms with Crippen molar-refractivity contribution in [3.05, 3.63) is 155 Å². The molecule has 4 aromatic rings. The molecule has 4 aliphatic rings. The summed E-state index contributed by atoms with van der Waals surface area (Å²) >= 11 is 1.35. The fraction of sp³-hybridized carbons (Fsp3) is 0.415. The number of carbonyl (C=O) groups excluding carboxylic acids is 5. The van der Waals surface area contributed by atoms with Crippen LogP contribution in [0.4, 0.5) is 4.79 Å². The molecule has 8 rings (SSSR count). The molecule has 9 unspecified atom stereocenters. The molecule has 4 aromatic carbocycles. The van der Waals surface area contributed by atoms with Gasteiger partial charge in [-0.1, -0.05) is 111 Å². The number of ketones is 1. The third kappa shape index (κ3) is 11.1. The van der Waals surface area contributed by atoms with Gasteiger partial charge in [-0.05, 0) is 66.6 Å². The fourth-order valence-corrected chi connectivity index (χ4v) is 11.2. The van der Waals surface area contributed by atoms with Crippen LogP contribution in [-0.2, 0) is 44.6 Å². The molecule has 1 heterocycles. The number of ether oxygens (including phenoxy) is 6. The standard InChI is InChI=1S/C53H57NO14S.2Ac/c1-31-36(66-48(59)42(67-49(60)63-28-32-18-10-6-11-19-32)40(33-20-12-7-13-21-33)54-46(57)34-22-14-8-15-23-34)27-53(62)45(68-47(58)35-24-16-9-17-25-35)43-51(4,44(56)41(55)39(31)50(53,2)3)37(65-30-69-5)26-38-52(43,61)29-64-38;;/h6-25,36-38,40-43,45,55,61-62H,26-30H2,1-5H3,(H,54,57);;/t36?,37?,38?,40?,41?,42?,43?,45?,51-,52+,53?;;/m1../s1. The quantitative estimate of drug-likeness (QED) is 0.0472. The predicted octanol–water partition coefficient (Wildman–Crippen LogP) is 6.30. The van der Waals surface area contributed by atoms with E-state index in [0.29, 0.717) is 11.1 Å². The molecule has 3 aliphatic carbocycles. The number of carbonyl (C=O) groups is 5. The van der Waals surface area contributed by atoms with Gasteiger partial charge in [0, 0.05) is 118 Å². The van der Waals surface area contributed by atoms with Crippen molar-refractivity contribution >= 4 is 41.5 Å². The van der Waals surface area contributed by atoms with Gasteiger partial charge in [0.15, 0.2) is 5.78 Å². The van der Waals surface area contributed by atoms with Gasteiger partial charge in [0.2, 0.25) is 6.10 Å². The van der Waals surface area contributed by atoms with Crippen molar-refractivity contribution in [2.24, 2.45) is 16.7 Å². The Balaban J connectivity index is 0.00000413. The molecule has 4 N–H and O–H groups in total. The van der Waals surface area contributed by atoms with Gasteiger partial charge in [0.25, 0.3) is 5.91 Å². The summed E-state index contributed by atoms with van der Waals surface area (Å²) in [5, 5.41) is 41.9. The zero-order chi connectivity index (χ0) is 49.3. The number of fused-ring (bicyclic) bond motifs is 5. The van der Waals surface area contributed by atoms with Crippen molar-refractivity contribution in [1.82, 2.24) is 5.32 Å². The van der Waals surface area contributed by atoms with Gasteiger partial charge in [-0.2, -0.15) is 0 Å². The Hall–Kier alpha value is -3.00. The fourth-order valence-electron chi connectivity index (χ4n) is 10.9. The molecule has 3 fully saturated rings. The van der Waals surface area contributed by atoms with E-state index in [4.69, 9.17) is 28.4 Å². The van der Waals surface area contributed by atoms with Crippen LogP contribution >= 0.6 is 11.8 Å². The predicted molar refractivity (Wildman–Crippen MR) is 251 cm³/mol.